The second-order valence-electron chi connectivity index (χ2n) is 1.14. The van der Waals surface area contributed by atoms with Gasteiger partial charge in [0, 0.05) is 0 Å². The van der Waals surface area contributed by atoms with Crippen molar-refractivity contribution in [3.63, 3.8) is 0 Å². The monoisotopic (exact) mass is 108 g/mol. The van der Waals surface area contributed by atoms with Gasteiger partial charge in [0.25, 0.3) is 0 Å². The highest BCUT2D eigenvalue weighted by Gasteiger charge is 2.11. The molecule has 0 heterocycles. The van der Waals surface area contributed by atoms with Crippen molar-refractivity contribution < 1.29 is 9.90 Å². The van der Waals surface area contributed by atoms with Gasteiger partial charge in [-0.15, -0.1) is 0 Å². The summed E-state index contributed by atoms with van der Waals surface area (Å²) in [5.41, 5.74) is 0. The van der Waals surface area contributed by atoms with Gasteiger partial charge in [0.05, 0.1) is 0 Å². The van der Waals surface area contributed by atoms with Crippen LogP contribution in [0.1, 0.15) is 6.92 Å². The first-order valence-corrected chi connectivity index (χ1v) is 1.81. The molecule has 0 aromatic rings. The SMILES string of the molecule is CC(O)(Cl)C=O. The molecule has 3 heteroatoms. The molecule has 0 bridgehead atoms. The lowest BCUT2D eigenvalue weighted by atomic mass is 10.5. The van der Waals surface area contributed by atoms with E-state index in [1.807, 2.05) is 0 Å². The fourth-order valence-corrected chi connectivity index (χ4v) is 0. The summed E-state index contributed by atoms with van der Waals surface area (Å²) in [5, 5.41) is 6.56. The van der Waals surface area contributed by atoms with Crippen LogP contribution in [0, 0.1) is 0 Å². The topological polar surface area (TPSA) is 37.3 Å². The van der Waals surface area contributed by atoms with E-state index in [0.29, 0.717) is 0 Å². The molecule has 1 unspecified atom stereocenters. The normalized spacial score (nSPS) is 19.2. The zero-order valence-corrected chi connectivity index (χ0v) is 4.07. The molecule has 36 valence electrons. The fraction of sp³-hybridized carbons (Fsp3) is 0.667. The van der Waals surface area contributed by atoms with Crippen LogP contribution in [0.4, 0.5) is 0 Å². The quantitative estimate of drug-likeness (QED) is 0.383. The van der Waals surface area contributed by atoms with Crippen molar-refractivity contribution >= 4 is 17.9 Å². The third-order valence-electron chi connectivity index (χ3n) is 0.215. The molecule has 0 aliphatic heterocycles. The van der Waals surface area contributed by atoms with Gasteiger partial charge in [-0.3, -0.25) is 4.79 Å². The van der Waals surface area contributed by atoms with Crippen LogP contribution in [-0.2, 0) is 4.79 Å². The molecule has 6 heavy (non-hydrogen) atoms. The Morgan fingerprint density at radius 3 is 2.17 bits per heavy atom. The van der Waals surface area contributed by atoms with Crippen LogP contribution in [0.2, 0.25) is 0 Å². The number of rotatable bonds is 1. The average Bonchev–Trinajstić information content (AvgIpc) is 1.35. The molecule has 2 nitrogen and oxygen atoms in total. The van der Waals surface area contributed by atoms with Gasteiger partial charge in [-0.1, -0.05) is 11.6 Å². The maximum absolute atomic E-state index is 9.44. The molecule has 0 fully saturated rings. The highest BCUT2D eigenvalue weighted by atomic mass is 35.5. The molecule has 0 amide bonds. The predicted octanol–water partition coefficient (Wildman–Crippen LogP) is 0.133. The number of carbonyl (C=O) groups excluding carboxylic acids is 1. The first-order chi connectivity index (χ1) is 2.56. The Hall–Kier alpha value is -0.0800. The molecule has 0 spiro atoms. The summed E-state index contributed by atoms with van der Waals surface area (Å²) in [6.45, 7) is 1.20. The number of hydrogen-bond acceptors (Lipinski definition) is 2. The Balaban J connectivity index is 3.45. The molecule has 0 saturated heterocycles. The number of halogens is 1. The summed E-state index contributed by atoms with van der Waals surface area (Å²) in [6.07, 6.45) is 0.258. The van der Waals surface area contributed by atoms with E-state index < -0.39 is 5.06 Å². The van der Waals surface area contributed by atoms with Crippen LogP contribution in [0.15, 0.2) is 0 Å². The van der Waals surface area contributed by atoms with Gasteiger partial charge < -0.3 is 5.11 Å². The summed E-state index contributed by atoms with van der Waals surface area (Å²) in [7, 11) is 0. The number of aliphatic hydroxyl groups is 1. The van der Waals surface area contributed by atoms with Crippen molar-refractivity contribution in [2.75, 3.05) is 0 Å². The van der Waals surface area contributed by atoms with Crippen molar-refractivity contribution in [2.45, 2.75) is 12.0 Å². The second kappa shape index (κ2) is 1.58. The molecule has 0 aliphatic carbocycles. The maximum Gasteiger partial charge on any atom is 0.191 e. The molecule has 0 aliphatic rings. The summed E-state index contributed by atoms with van der Waals surface area (Å²) in [6, 6.07) is 0. The van der Waals surface area contributed by atoms with Gasteiger partial charge in [-0.25, -0.2) is 0 Å². The zero-order valence-electron chi connectivity index (χ0n) is 3.31. The van der Waals surface area contributed by atoms with Gasteiger partial charge in [0.1, 0.15) is 0 Å². The Morgan fingerprint density at radius 1 is 2.00 bits per heavy atom. The minimum Gasteiger partial charge on any atom is -0.369 e. The molecular weight excluding hydrogens is 103 g/mol. The highest BCUT2D eigenvalue weighted by molar-refractivity contribution is 6.29. The lowest BCUT2D eigenvalue weighted by Crippen LogP contribution is -2.15. The lowest BCUT2D eigenvalue weighted by molar-refractivity contribution is -0.116. The van der Waals surface area contributed by atoms with E-state index >= 15 is 0 Å². The molecule has 0 rings (SSSR count). The molecule has 1 N–H and O–H groups in total. The molecule has 0 radical (unpaired) electrons. The van der Waals surface area contributed by atoms with E-state index in [2.05, 4.69) is 0 Å². The molecule has 0 aromatic heterocycles. The summed E-state index contributed by atoms with van der Waals surface area (Å²) in [4.78, 5) is 9.44. The van der Waals surface area contributed by atoms with E-state index in [4.69, 9.17) is 16.7 Å². The summed E-state index contributed by atoms with van der Waals surface area (Å²) >= 11 is 4.91. The number of aldehydes is 1. The van der Waals surface area contributed by atoms with Gasteiger partial charge in [0.2, 0.25) is 0 Å². The Bertz CT molecular complexity index is 54.3. The van der Waals surface area contributed by atoms with Gasteiger partial charge in [0.15, 0.2) is 11.3 Å². The summed E-state index contributed by atoms with van der Waals surface area (Å²) < 4.78 is 0. The second-order valence-corrected chi connectivity index (χ2v) is 1.91. The zero-order chi connectivity index (χ0) is 5.21. The van der Waals surface area contributed by atoms with Gasteiger partial charge in [-0.05, 0) is 6.92 Å². The van der Waals surface area contributed by atoms with Gasteiger partial charge >= 0.3 is 0 Å². The predicted molar refractivity (Wildman–Crippen MR) is 22.5 cm³/mol. The molecule has 0 saturated carbocycles. The first kappa shape index (κ1) is 5.92. The van der Waals surface area contributed by atoms with Crippen LogP contribution in [-0.4, -0.2) is 16.5 Å². The van der Waals surface area contributed by atoms with E-state index in [9.17, 15) is 4.79 Å². The minimum absolute atomic E-state index is 0.258. The van der Waals surface area contributed by atoms with Crippen LogP contribution in [0.25, 0.3) is 0 Å². The molecule has 1 atom stereocenters. The van der Waals surface area contributed by atoms with E-state index in [-0.39, 0.29) is 6.29 Å². The lowest BCUT2D eigenvalue weighted by Gasteiger charge is -1.99. The summed E-state index contributed by atoms with van der Waals surface area (Å²) in [5.74, 6) is 0. The smallest absolute Gasteiger partial charge is 0.191 e. The van der Waals surface area contributed by atoms with Crippen LogP contribution >= 0.6 is 11.6 Å². The average molecular weight is 109 g/mol. The fourth-order valence-electron chi connectivity index (χ4n) is 0. The van der Waals surface area contributed by atoms with E-state index in [1.54, 1.807) is 0 Å². The van der Waals surface area contributed by atoms with Crippen LogP contribution < -0.4 is 0 Å². The minimum atomic E-state index is -1.67. The maximum atomic E-state index is 9.44. The van der Waals surface area contributed by atoms with Crippen molar-refractivity contribution in [2.24, 2.45) is 0 Å². The Morgan fingerprint density at radius 2 is 2.17 bits per heavy atom. The number of hydrogen-bond donors (Lipinski definition) is 1. The Kier molecular flexibility index (Phi) is 1.56. The van der Waals surface area contributed by atoms with Crippen LogP contribution in [0.3, 0.4) is 0 Å². The molecular formula is C3H5ClO2. The van der Waals surface area contributed by atoms with Crippen molar-refractivity contribution in [3.8, 4) is 0 Å². The molecule has 0 aromatic carbocycles. The Labute approximate surface area is 40.7 Å². The van der Waals surface area contributed by atoms with Gasteiger partial charge in [-0.2, -0.15) is 0 Å². The highest BCUT2D eigenvalue weighted by Crippen LogP contribution is 2.01. The standard InChI is InChI=1S/C3H5ClO2/c1-3(4,6)2-5/h2,6H,1H3. The van der Waals surface area contributed by atoms with Crippen molar-refractivity contribution in [3.05, 3.63) is 0 Å². The van der Waals surface area contributed by atoms with E-state index in [1.165, 1.54) is 6.92 Å². The largest absolute Gasteiger partial charge is 0.369 e. The van der Waals surface area contributed by atoms with Crippen molar-refractivity contribution in [1.29, 1.82) is 0 Å². The third-order valence-corrected chi connectivity index (χ3v) is 0.304. The van der Waals surface area contributed by atoms with Crippen molar-refractivity contribution in [1.82, 2.24) is 0 Å². The van der Waals surface area contributed by atoms with Crippen LogP contribution in [0.5, 0.6) is 0 Å². The third kappa shape index (κ3) is 3.92. The first-order valence-electron chi connectivity index (χ1n) is 1.44. The number of carbonyl (C=O) groups is 1. The number of alkyl halides is 1. The van der Waals surface area contributed by atoms with E-state index in [0.717, 1.165) is 0 Å².